The lowest BCUT2D eigenvalue weighted by Gasteiger charge is -2.14. The maximum atomic E-state index is 5.97. The first-order valence-electron chi connectivity index (χ1n) is 5.31. The van der Waals surface area contributed by atoms with Gasteiger partial charge in [0, 0.05) is 11.3 Å². The predicted octanol–water partition coefficient (Wildman–Crippen LogP) is 2.94. The van der Waals surface area contributed by atoms with E-state index < -0.39 is 0 Å². The van der Waals surface area contributed by atoms with E-state index in [9.17, 15) is 0 Å². The van der Waals surface area contributed by atoms with Gasteiger partial charge in [-0.2, -0.15) is 0 Å². The minimum absolute atomic E-state index is 0.00473. The molecule has 0 aromatic rings. The van der Waals surface area contributed by atoms with Crippen LogP contribution in [0.2, 0.25) is 0 Å². The normalized spacial score (nSPS) is 14.4. The zero-order chi connectivity index (χ0) is 12.7. The van der Waals surface area contributed by atoms with E-state index in [1.54, 1.807) is 0 Å². The third kappa shape index (κ3) is 4.67. The molecule has 16 heavy (non-hydrogen) atoms. The van der Waals surface area contributed by atoms with Crippen LogP contribution in [0.4, 0.5) is 0 Å². The zero-order valence-corrected chi connectivity index (χ0v) is 11.6. The van der Waals surface area contributed by atoms with Gasteiger partial charge >= 0.3 is 0 Å². The molecule has 0 amide bonds. The van der Waals surface area contributed by atoms with Crippen LogP contribution < -0.4 is 11.5 Å². The van der Waals surface area contributed by atoms with E-state index in [1.807, 2.05) is 26.0 Å². The van der Waals surface area contributed by atoms with Gasteiger partial charge in [0.15, 0.2) is 0 Å². The van der Waals surface area contributed by atoms with E-state index in [0.717, 1.165) is 11.7 Å². The first-order valence-corrected chi connectivity index (χ1v) is 7.73. The molecular weight excluding hydrogens is 215 g/mol. The van der Waals surface area contributed by atoms with Gasteiger partial charge < -0.3 is 11.5 Å². The Morgan fingerprint density at radius 1 is 1.25 bits per heavy atom. The maximum Gasteiger partial charge on any atom is 0.0617 e. The molecule has 0 aliphatic carbocycles. The zero-order valence-electron chi connectivity index (χ0n) is 10.7. The Balaban J connectivity index is 5.35. The highest BCUT2D eigenvalue weighted by Gasteiger charge is 2.08. The third-order valence-corrected chi connectivity index (χ3v) is 3.12. The second kappa shape index (κ2) is 7.29. The maximum absolute atomic E-state index is 5.97. The molecular formula is C13H23N2P. The van der Waals surface area contributed by atoms with Gasteiger partial charge in [0.25, 0.3) is 0 Å². The van der Waals surface area contributed by atoms with Crippen molar-refractivity contribution in [2.75, 3.05) is 19.5 Å². The average molecular weight is 238 g/mol. The minimum atomic E-state index is 0.00473. The molecule has 0 aromatic carbocycles. The van der Waals surface area contributed by atoms with Crippen LogP contribution in [0.25, 0.3) is 0 Å². The van der Waals surface area contributed by atoms with Crippen molar-refractivity contribution in [1.29, 1.82) is 0 Å². The summed E-state index contributed by atoms with van der Waals surface area (Å²) in [5.74, 6) is 0. The van der Waals surface area contributed by atoms with E-state index in [4.69, 9.17) is 11.5 Å². The highest BCUT2D eigenvalue weighted by Crippen LogP contribution is 2.31. The Morgan fingerprint density at radius 2 is 1.81 bits per heavy atom. The summed E-state index contributed by atoms with van der Waals surface area (Å²) in [6, 6.07) is 0. The molecule has 0 spiro atoms. The molecule has 0 fully saturated rings. The highest BCUT2D eigenvalue weighted by atomic mass is 31.1. The van der Waals surface area contributed by atoms with E-state index in [-0.39, 0.29) is 7.92 Å². The summed E-state index contributed by atoms with van der Waals surface area (Å²) in [4.78, 5) is 0. The summed E-state index contributed by atoms with van der Waals surface area (Å²) >= 11 is 0. The molecule has 0 aliphatic heterocycles. The van der Waals surface area contributed by atoms with Gasteiger partial charge in [-0.05, 0) is 38.9 Å². The van der Waals surface area contributed by atoms with Gasteiger partial charge in [-0.3, -0.25) is 0 Å². The quantitative estimate of drug-likeness (QED) is 0.571. The lowest BCUT2D eigenvalue weighted by atomic mass is 10.0. The van der Waals surface area contributed by atoms with E-state index in [0.29, 0.717) is 11.4 Å². The summed E-state index contributed by atoms with van der Waals surface area (Å²) in [5.41, 5.74) is 14.9. The van der Waals surface area contributed by atoms with Crippen LogP contribution >= 0.6 is 7.92 Å². The lowest BCUT2D eigenvalue weighted by molar-refractivity contribution is 1.20. The van der Waals surface area contributed by atoms with E-state index >= 15 is 0 Å². The molecule has 0 saturated carbocycles. The largest absolute Gasteiger partial charge is 0.398 e. The molecule has 90 valence electrons. The fraction of sp³-hybridized carbons (Fsp3) is 0.385. The summed E-state index contributed by atoms with van der Waals surface area (Å²) in [7, 11) is 0.00473. The highest BCUT2D eigenvalue weighted by molar-refractivity contribution is 7.56. The first kappa shape index (κ1) is 15.0. The van der Waals surface area contributed by atoms with Gasteiger partial charge in [0.1, 0.15) is 0 Å². The molecule has 0 radical (unpaired) electrons. The summed E-state index contributed by atoms with van der Waals surface area (Å²) in [6.45, 7) is 12.2. The van der Waals surface area contributed by atoms with Crippen LogP contribution in [0, 0.1) is 0 Å². The minimum Gasteiger partial charge on any atom is -0.398 e. The van der Waals surface area contributed by atoms with Crippen LogP contribution in [0.15, 0.2) is 47.3 Å². The van der Waals surface area contributed by atoms with Crippen molar-refractivity contribution in [2.24, 2.45) is 11.5 Å². The fourth-order valence-electron chi connectivity index (χ4n) is 1.38. The van der Waals surface area contributed by atoms with Crippen molar-refractivity contribution in [3.8, 4) is 0 Å². The molecule has 0 aliphatic rings. The molecule has 0 bridgehead atoms. The summed E-state index contributed by atoms with van der Waals surface area (Å²) in [6.07, 6.45) is 7.14. The van der Waals surface area contributed by atoms with Crippen molar-refractivity contribution in [2.45, 2.75) is 13.8 Å². The van der Waals surface area contributed by atoms with Crippen molar-refractivity contribution in [1.82, 2.24) is 0 Å². The average Bonchev–Trinajstić information content (AvgIpc) is 2.21. The van der Waals surface area contributed by atoms with Crippen LogP contribution in [0.3, 0.4) is 0 Å². The molecule has 0 atom stereocenters. The molecule has 0 aromatic heterocycles. The summed E-state index contributed by atoms with van der Waals surface area (Å²) < 4.78 is 0. The van der Waals surface area contributed by atoms with E-state index in [1.165, 1.54) is 5.57 Å². The Kier molecular flexibility index (Phi) is 6.83. The molecule has 2 nitrogen and oxygen atoms in total. The second-order valence-corrected chi connectivity index (χ2v) is 6.38. The van der Waals surface area contributed by atoms with Crippen molar-refractivity contribution < 1.29 is 0 Å². The number of allylic oxidation sites excluding steroid dienone is 5. The number of rotatable bonds is 5. The molecule has 0 heterocycles. The number of nitrogens with two attached hydrogens (primary N) is 2. The molecule has 4 N–H and O–H groups in total. The van der Waals surface area contributed by atoms with Crippen molar-refractivity contribution in [3.05, 3.63) is 47.3 Å². The van der Waals surface area contributed by atoms with Gasteiger partial charge in [-0.1, -0.05) is 24.8 Å². The van der Waals surface area contributed by atoms with Crippen LogP contribution in [0.5, 0.6) is 0 Å². The molecule has 3 heteroatoms. The molecule has 0 saturated heterocycles. The molecule has 0 unspecified atom stereocenters. The number of hydrogen-bond acceptors (Lipinski definition) is 2. The monoisotopic (exact) mass is 238 g/mol. The van der Waals surface area contributed by atoms with Crippen LogP contribution in [-0.4, -0.2) is 19.5 Å². The standard InChI is InChI=1S/C13H23N2P/c1-6-8-12(13(15)10(3)14)11(7-2)9-16(4)5/h6-8H,3,9,14-15H2,1-2,4-5H3/b8-6-,11-7-,13-12-. The molecule has 0 rings (SSSR count). The topological polar surface area (TPSA) is 52.0 Å². The Labute approximate surface area is 101 Å². The first-order chi connectivity index (χ1) is 7.43. The van der Waals surface area contributed by atoms with Crippen LogP contribution in [0.1, 0.15) is 13.8 Å². The van der Waals surface area contributed by atoms with Gasteiger partial charge in [-0.15, -0.1) is 7.92 Å². The van der Waals surface area contributed by atoms with Crippen molar-refractivity contribution >= 4 is 7.92 Å². The summed E-state index contributed by atoms with van der Waals surface area (Å²) in [5, 5.41) is 0. The number of hydrogen-bond donors (Lipinski definition) is 2. The van der Waals surface area contributed by atoms with E-state index in [2.05, 4.69) is 26.0 Å². The Hall–Kier alpha value is -1.01. The second-order valence-electron chi connectivity index (χ2n) is 3.90. The predicted molar refractivity (Wildman–Crippen MR) is 76.7 cm³/mol. The smallest absolute Gasteiger partial charge is 0.0617 e. The Morgan fingerprint density at radius 3 is 2.12 bits per heavy atom. The van der Waals surface area contributed by atoms with Gasteiger partial charge in [0.05, 0.1) is 5.70 Å². The lowest BCUT2D eigenvalue weighted by Crippen LogP contribution is -2.12. The van der Waals surface area contributed by atoms with Crippen molar-refractivity contribution in [3.63, 3.8) is 0 Å². The third-order valence-electron chi connectivity index (χ3n) is 2.15. The van der Waals surface area contributed by atoms with Crippen LogP contribution in [-0.2, 0) is 0 Å². The Bertz CT molecular complexity index is 336. The van der Waals surface area contributed by atoms with Gasteiger partial charge in [-0.25, -0.2) is 0 Å². The SMILES string of the molecule is C=C(N)/C(N)=C(\C=C/C)C(=C\C)/CP(C)C. The van der Waals surface area contributed by atoms with Gasteiger partial charge in [0.2, 0.25) is 0 Å². The fourth-order valence-corrected chi connectivity index (χ4v) is 2.42.